The van der Waals surface area contributed by atoms with Gasteiger partial charge in [-0.2, -0.15) is 0 Å². The summed E-state index contributed by atoms with van der Waals surface area (Å²) >= 11 is 9.29. The molecule has 0 aliphatic carbocycles. The molecule has 0 atom stereocenters. The van der Waals surface area contributed by atoms with Crippen molar-refractivity contribution in [2.45, 2.75) is 6.54 Å². The van der Waals surface area contributed by atoms with Gasteiger partial charge in [-0.25, -0.2) is 4.79 Å². The number of rotatable bonds is 7. The monoisotopic (exact) mass is 411 g/mol. The summed E-state index contributed by atoms with van der Waals surface area (Å²) in [6.45, 7) is -0.371. The Balaban J connectivity index is 1.68. The Bertz CT molecular complexity index is 723. The third-order valence-electron chi connectivity index (χ3n) is 2.95. The molecule has 0 saturated heterocycles. The van der Waals surface area contributed by atoms with Crippen molar-refractivity contribution in [3.8, 4) is 5.75 Å². The minimum atomic E-state index is -0.622. The lowest BCUT2D eigenvalue weighted by Gasteiger charge is -2.09. The largest absolute Gasteiger partial charge is 0.482 e. The minimum absolute atomic E-state index is 0.268. The van der Waals surface area contributed by atoms with Crippen molar-refractivity contribution in [2.75, 3.05) is 13.2 Å². The fourth-order valence-electron chi connectivity index (χ4n) is 1.77. The summed E-state index contributed by atoms with van der Waals surface area (Å²) in [5.41, 5.74) is 0.789. The molecular formula is C17H15BrClNO4. The van der Waals surface area contributed by atoms with E-state index in [1.54, 1.807) is 36.4 Å². The molecule has 24 heavy (non-hydrogen) atoms. The van der Waals surface area contributed by atoms with Gasteiger partial charge in [0.05, 0.1) is 0 Å². The maximum absolute atomic E-state index is 11.7. The number of carbonyl (C=O) groups is 2. The number of esters is 1. The van der Waals surface area contributed by atoms with E-state index in [-0.39, 0.29) is 19.8 Å². The molecule has 5 nitrogen and oxygen atoms in total. The predicted octanol–water partition coefficient (Wildman–Crippen LogP) is 3.34. The maximum atomic E-state index is 11.7. The molecule has 0 saturated carbocycles. The quantitative estimate of drug-likeness (QED) is 0.709. The first-order valence-corrected chi connectivity index (χ1v) is 8.26. The predicted molar refractivity (Wildman–Crippen MR) is 93.9 cm³/mol. The molecule has 0 aliphatic rings. The number of halogens is 2. The second kappa shape index (κ2) is 9.30. The number of benzene rings is 2. The van der Waals surface area contributed by atoms with Gasteiger partial charge in [-0.05, 0) is 29.8 Å². The topological polar surface area (TPSA) is 64.6 Å². The third kappa shape index (κ3) is 6.22. The van der Waals surface area contributed by atoms with Crippen LogP contribution < -0.4 is 10.1 Å². The summed E-state index contributed by atoms with van der Waals surface area (Å²) in [7, 11) is 0. The number of nitrogens with one attached hydrogen (secondary N) is 1. The smallest absolute Gasteiger partial charge is 0.344 e. The molecule has 126 valence electrons. The summed E-state index contributed by atoms with van der Waals surface area (Å²) in [4.78, 5) is 23.2. The van der Waals surface area contributed by atoms with Crippen LogP contribution in [0.5, 0.6) is 5.75 Å². The van der Waals surface area contributed by atoms with Crippen molar-refractivity contribution in [1.82, 2.24) is 5.32 Å². The summed E-state index contributed by atoms with van der Waals surface area (Å²) in [6, 6.07) is 14.2. The van der Waals surface area contributed by atoms with Crippen molar-refractivity contribution in [2.24, 2.45) is 0 Å². The van der Waals surface area contributed by atoms with E-state index < -0.39 is 11.9 Å². The summed E-state index contributed by atoms with van der Waals surface area (Å²) in [6.07, 6.45) is 0. The van der Waals surface area contributed by atoms with Crippen LogP contribution >= 0.6 is 27.5 Å². The van der Waals surface area contributed by atoms with Crippen LogP contribution in [0, 0.1) is 0 Å². The Labute approximate surface area is 153 Å². The van der Waals surface area contributed by atoms with E-state index in [1.165, 1.54) is 0 Å². The van der Waals surface area contributed by atoms with Crippen LogP contribution in [0.25, 0.3) is 0 Å². The molecule has 0 heterocycles. The minimum Gasteiger partial charge on any atom is -0.482 e. The summed E-state index contributed by atoms with van der Waals surface area (Å²) in [5, 5.41) is 3.20. The van der Waals surface area contributed by atoms with Crippen LogP contribution in [0.2, 0.25) is 5.02 Å². The van der Waals surface area contributed by atoms with Crippen molar-refractivity contribution in [3.63, 3.8) is 0 Å². The summed E-state index contributed by atoms with van der Waals surface area (Å²) < 4.78 is 11.0. The SMILES string of the molecule is O=C(COC(=O)COc1cccc(Br)c1)NCc1ccccc1Cl. The van der Waals surface area contributed by atoms with E-state index in [4.69, 9.17) is 21.1 Å². The highest BCUT2D eigenvalue weighted by Crippen LogP contribution is 2.17. The molecule has 2 rings (SSSR count). The molecule has 7 heteroatoms. The third-order valence-corrected chi connectivity index (χ3v) is 3.81. The molecule has 0 aromatic heterocycles. The molecule has 0 unspecified atom stereocenters. The molecule has 2 aromatic carbocycles. The number of hydrogen-bond donors (Lipinski definition) is 1. The van der Waals surface area contributed by atoms with Crippen molar-refractivity contribution >= 4 is 39.4 Å². The van der Waals surface area contributed by atoms with E-state index in [0.717, 1.165) is 10.0 Å². The van der Waals surface area contributed by atoms with Gasteiger partial charge in [0.25, 0.3) is 5.91 Å². The molecule has 0 radical (unpaired) electrons. The number of carbonyl (C=O) groups excluding carboxylic acids is 2. The number of hydrogen-bond acceptors (Lipinski definition) is 4. The Hall–Kier alpha value is -2.05. The first-order chi connectivity index (χ1) is 11.5. The van der Waals surface area contributed by atoms with E-state index in [2.05, 4.69) is 21.2 Å². The lowest BCUT2D eigenvalue weighted by atomic mass is 10.2. The van der Waals surface area contributed by atoms with Gasteiger partial charge in [-0.1, -0.05) is 51.8 Å². The van der Waals surface area contributed by atoms with E-state index in [0.29, 0.717) is 10.8 Å². The molecule has 1 amide bonds. The van der Waals surface area contributed by atoms with Gasteiger partial charge in [0.15, 0.2) is 13.2 Å². The second-order valence-corrected chi connectivity index (χ2v) is 6.10. The van der Waals surface area contributed by atoms with Crippen molar-refractivity contribution < 1.29 is 19.1 Å². The number of ether oxygens (including phenoxy) is 2. The van der Waals surface area contributed by atoms with E-state index >= 15 is 0 Å². The standard InChI is InChI=1S/C17H15BrClNO4/c18-13-5-3-6-14(8-13)23-11-17(22)24-10-16(21)20-9-12-4-1-2-7-15(12)19/h1-8H,9-11H2,(H,20,21). The Morgan fingerprint density at radius 1 is 1.08 bits per heavy atom. The first kappa shape index (κ1) is 18.3. The van der Waals surface area contributed by atoms with Crippen molar-refractivity contribution in [1.29, 1.82) is 0 Å². The Kier molecular flexibility index (Phi) is 7.08. The van der Waals surface area contributed by atoms with Gasteiger partial charge >= 0.3 is 5.97 Å². The lowest BCUT2D eigenvalue weighted by molar-refractivity contribution is -0.150. The Morgan fingerprint density at radius 3 is 2.62 bits per heavy atom. The highest BCUT2D eigenvalue weighted by molar-refractivity contribution is 9.10. The van der Waals surface area contributed by atoms with Crippen LogP contribution in [0.1, 0.15) is 5.56 Å². The van der Waals surface area contributed by atoms with Crippen LogP contribution in [0.3, 0.4) is 0 Å². The van der Waals surface area contributed by atoms with Gasteiger partial charge in [-0.3, -0.25) is 4.79 Å². The van der Waals surface area contributed by atoms with Gasteiger partial charge in [0.2, 0.25) is 0 Å². The number of amides is 1. The first-order valence-electron chi connectivity index (χ1n) is 7.08. The van der Waals surface area contributed by atoms with Gasteiger partial charge in [0.1, 0.15) is 5.75 Å². The molecule has 0 aliphatic heterocycles. The molecule has 2 aromatic rings. The van der Waals surface area contributed by atoms with Gasteiger partial charge in [-0.15, -0.1) is 0 Å². The molecule has 0 fully saturated rings. The van der Waals surface area contributed by atoms with Gasteiger partial charge < -0.3 is 14.8 Å². The van der Waals surface area contributed by atoms with Gasteiger partial charge in [0, 0.05) is 16.0 Å². The van der Waals surface area contributed by atoms with Crippen molar-refractivity contribution in [3.05, 3.63) is 63.6 Å². The fraction of sp³-hybridized carbons (Fsp3) is 0.176. The zero-order valence-electron chi connectivity index (χ0n) is 12.6. The maximum Gasteiger partial charge on any atom is 0.344 e. The molecule has 0 bridgehead atoms. The summed E-state index contributed by atoms with van der Waals surface area (Å²) in [5.74, 6) is -0.502. The second-order valence-electron chi connectivity index (χ2n) is 4.77. The zero-order valence-corrected chi connectivity index (χ0v) is 15.0. The van der Waals surface area contributed by atoms with Crippen LogP contribution in [-0.4, -0.2) is 25.1 Å². The van der Waals surface area contributed by atoms with Crippen LogP contribution in [0.4, 0.5) is 0 Å². The average molecular weight is 413 g/mol. The highest BCUT2D eigenvalue weighted by atomic mass is 79.9. The zero-order chi connectivity index (χ0) is 17.4. The van der Waals surface area contributed by atoms with Crippen LogP contribution in [0.15, 0.2) is 53.0 Å². The van der Waals surface area contributed by atoms with Crippen LogP contribution in [-0.2, 0) is 20.9 Å². The van der Waals surface area contributed by atoms with E-state index in [1.807, 2.05) is 12.1 Å². The molecule has 0 spiro atoms. The average Bonchev–Trinajstić information content (AvgIpc) is 2.57. The Morgan fingerprint density at radius 2 is 1.88 bits per heavy atom. The molecule has 1 N–H and O–H groups in total. The highest BCUT2D eigenvalue weighted by Gasteiger charge is 2.09. The fourth-order valence-corrected chi connectivity index (χ4v) is 2.35. The lowest BCUT2D eigenvalue weighted by Crippen LogP contribution is -2.29. The molecular weight excluding hydrogens is 398 g/mol. The normalized spacial score (nSPS) is 10.1. The van der Waals surface area contributed by atoms with E-state index in [9.17, 15) is 9.59 Å².